The molecule has 1 aliphatic carbocycles. The molecule has 0 aromatic heterocycles. The lowest BCUT2D eigenvalue weighted by molar-refractivity contribution is -0.0956. The highest BCUT2D eigenvalue weighted by atomic mass is 16.5. The molecule has 0 saturated heterocycles. The van der Waals surface area contributed by atoms with E-state index in [0.29, 0.717) is 0 Å². The summed E-state index contributed by atoms with van der Waals surface area (Å²) in [4.78, 5) is 0. The van der Waals surface area contributed by atoms with E-state index in [-0.39, 0.29) is 5.60 Å². The van der Waals surface area contributed by atoms with E-state index in [1.54, 1.807) is 7.11 Å². The largest absolute Gasteiger partial charge is 0.390 e. The molecule has 0 aliphatic heterocycles. The highest BCUT2D eigenvalue weighted by molar-refractivity contribution is 4.94. The van der Waals surface area contributed by atoms with Crippen LogP contribution in [0.4, 0.5) is 0 Å². The van der Waals surface area contributed by atoms with Crippen LogP contribution in [-0.4, -0.2) is 24.4 Å². The second-order valence-corrected chi connectivity index (χ2v) is 4.73. The summed E-state index contributed by atoms with van der Waals surface area (Å²) in [6.45, 7) is 5.24. The maximum Gasteiger partial charge on any atom is 0.0654 e. The second kappa shape index (κ2) is 4.43. The maximum atomic E-state index is 10.0. The van der Waals surface area contributed by atoms with Gasteiger partial charge in [-0.1, -0.05) is 13.8 Å². The SMILES string of the molecule is COCCCC1(O)CC(C(C)C)C1. The van der Waals surface area contributed by atoms with Gasteiger partial charge >= 0.3 is 0 Å². The lowest BCUT2D eigenvalue weighted by atomic mass is 9.64. The predicted octanol–water partition coefficient (Wildman–Crippen LogP) is 2.21. The third-order valence-corrected chi connectivity index (χ3v) is 3.22. The Kier molecular flexibility index (Phi) is 3.74. The third-order valence-electron chi connectivity index (χ3n) is 3.22. The van der Waals surface area contributed by atoms with Crippen molar-refractivity contribution < 1.29 is 9.84 Å². The average Bonchev–Trinajstić information content (AvgIpc) is 2.00. The third kappa shape index (κ3) is 2.96. The first-order valence-electron chi connectivity index (χ1n) is 5.29. The molecule has 0 heterocycles. The number of hydrogen-bond donors (Lipinski definition) is 1. The Morgan fingerprint density at radius 1 is 1.46 bits per heavy atom. The van der Waals surface area contributed by atoms with Crippen LogP contribution in [0.25, 0.3) is 0 Å². The number of methoxy groups -OCH3 is 1. The van der Waals surface area contributed by atoms with E-state index in [1.165, 1.54) is 0 Å². The highest BCUT2D eigenvalue weighted by Crippen LogP contribution is 2.44. The first-order valence-corrected chi connectivity index (χ1v) is 5.29. The molecule has 0 amide bonds. The van der Waals surface area contributed by atoms with Crippen molar-refractivity contribution in [1.29, 1.82) is 0 Å². The standard InChI is InChI=1S/C11H22O2/c1-9(2)10-7-11(12,8-10)5-4-6-13-3/h9-10,12H,4-8H2,1-3H3. The van der Waals surface area contributed by atoms with Crippen LogP contribution in [0.15, 0.2) is 0 Å². The fourth-order valence-electron chi connectivity index (χ4n) is 2.14. The van der Waals surface area contributed by atoms with Gasteiger partial charge in [0.2, 0.25) is 0 Å². The molecular weight excluding hydrogens is 164 g/mol. The van der Waals surface area contributed by atoms with Crippen LogP contribution in [0.3, 0.4) is 0 Å². The van der Waals surface area contributed by atoms with Crippen molar-refractivity contribution in [2.75, 3.05) is 13.7 Å². The molecule has 0 unspecified atom stereocenters. The van der Waals surface area contributed by atoms with Gasteiger partial charge in [0.05, 0.1) is 5.60 Å². The average molecular weight is 186 g/mol. The van der Waals surface area contributed by atoms with Gasteiger partial charge in [-0.2, -0.15) is 0 Å². The van der Waals surface area contributed by atoms with Gasteiger partial charge in [-0.05, 0) is 37.5 Å². The molecular formula is C11H22O2. The number of ether oxygens (including phenoxy) is 1. The zero-order chi connectivity index (χ0) is 9.90. The lowest BCUT2D eigenvalue weighted by Crippen LogP contribution is -2.45. The fourth-order valence-corrected chi connectivity index (χ4v) is 2.14. The zero-order valence-electron chi connectivity index (χ0n) is 9.05. The van der Waals surface area contributed by atoms with E-state index in [0.717, 1.165) is 44.1 Å². The first kappa shape index (κ1) is 11.0. The minimum absolute atomic E-state index is 0.354. The Hall–Kier alpha value is -0.0800. The monoisotopic (exact) mass is 186 g/mol. The summed E-state index contributed by atoms with van der Waals surface area (Å²) < 4.78 is 4.97. The van der Waals surface area contributed by atoms with Crippen molar-refractivity contribution in [3.63, 3.8) is 0 Å². The summed E-state index contributed by atoms with van der Waals surface area (Å²) in [5, 5.41) is 10.0. The highest BCUT2D eigenvalue weighted by Gasteiger charge is 2.42. The summed E-state index contributed by atoms with van der Waals surface area (Å²) in [5.74, 6) is 1.47. The summed E-state index contributed by atoms with van der Waals surface area (Å²) in [7, 11) is 1.71. The Labute approximate surface area is 81.3 Å². The predicted molar refractivity (Wildman–Crippen MR) is 53.6 cm³/mol. The molecule has 0 spiro atoms. The van der Waals surface area contributed by atoms with E-state index in [1.807, 2.05) is 0 Å². The Balaban J connectivity index is 2.14. The maximum absolute atomic E-state index is 10.0. The van der Waals surface area contributed by atoms with Crippen molar-refractivity contribution in [3.8, 4) is 0 Å². The molecule has 0 aromatic rings. The van der Waals surface area contributed by atoms with Gasteiger partial charge in [-0.3, -0.25) is 0 Å². The van der Waals surface area contributed by atoms with Crippen LogP contribution in [0.2, 0.25) is 0 Å². The second-order valence-electron chi connectivity index (χ2n) is 4.73. The van der Waals surface area contributed by atoms with Crippen molar-refractivity contribution in [2.45, 2.75) is 45.1 Å². The molecule has 1 fully saturated rings. The van der Waals surface area contributed by atoms with Crippen LogP contribution in [0.5, 0.6) is 0 Å². The number of rotatable bonds is 5. The van der Waals surface area contributed by atoms with Crippen LogP contribution >= 0.6 is 0 Å². The molecule has 2 nitrogen and oxygen atoms in total. The van der Waals surface area contributed by atoms with Gasteiger partial charge in [0.1, 0.15) is 0 Å². The Morgan fingerprint density at radius 2 is 2.08 bits per heavy atom. The van der Waals surface area contributed by atoms with Gasteiger partial charge < -0.3 is 9.84 Å². The van der Waals surface area contributed by atoms with E-state index in [4.69, 9.17) is 4.74 Å². The minimum Gasteiger partial charge on any atom is -0.390 e. The molecule has 1 N–H and O–H groups in total. The molecule has 0 aromatic carbocycles. The Bertz CT molecular complexity index is 148. The molecule has 2 heteroatoms. The summed E-state index contributed by atoms with van der Waals surface area (Å²) in [6, 6.07) is 0. The van der Waals surface area contributed by atoms with Gasteiger partial charge in [0.25, 0.3) is 0 Å². The number of aliphatic hydroxyl groups is 1. The quantitative estimate of drug-likeness (QED) is 0.667. The molecule has 0 bridgehead atoms. The summed E-state index contributed by atoms with van der Waals surface area (Å²) >= 11 is 0. The van der Waals surface area contributed by atoms with Gasteiger partial charge in [-0.25, -0.2) is 0 Å². The van der Waals surface area contributed by atoms with E-state index in [2.05, 4.69) is 13.8 Å². The minimum atomic E-state index is -0.354. The fraction of sp³-hybridized carbons (Fsp3) is 1.00. The molecule has 1 rings (SSSR count). The van der Waals surface area contributed by atoms with Gasteiger partial charge in [0, 0.05) is 13.7 Å². The smallest absolute Gasteiger partial charge is 0.0654 e. The molecule has 78 valence electrons. The van der Waals surface area contributed by atoms with E-state index < -0.39 is 0 Å². The van der Waals surface area contributed by atoms with Crippen LogP contribution < -0.4 is 0 Å². The summed E-state index contributed by atoms with van der Waals surface area (Å²) in [6.07, 6.45) is 3.88. The molecule has 1 saturated carbocycles. The Morgan fingerprint density at radius 3 is 2.54 bits per heavy atom. The first-order chi connectivity index (χ1) is 6.07. The lowest BCUT2D eigenvalue weighted by Gasteiger charge is -2.46. The van der Waals surface area contributed by atoms with Crippen LogP contribution in [-0.2, 0) is 4.74 Å². The molecule has 0 radical (unpaired) electrons. The topological polar surface area (TPSA) is 29.5 Å². The van der Waals surface area contributed by atoms with E-state index >= 15 is 0 Å². The van der Waals surface area contributed by atoms with Gasteiger partial charge in [-0.15, -0.1) is 0 Å². The summed E-state index contributed by atoms with van der Waals surface area (Å²) in [5.41, 5.74) is -0.354. The molecule has 13 heavy (non-hydrogen) atoms. The molecule has 0 atom stereocenters. The van der Waals surface area contributed by atoms with Crippen molar-refractivity contribution in [3.05, 3.63) is 0 Å². The van der Waals surface area contributed by atoms with Crippen molar-refractivity contribution >= 4 is 0 Å². The van der Waals surface area contributed by atoms with Crippen LogP contribution in [0, 0.1) is 11.8 Å². The van der Waals surface area contributed by atoms with E-state index in [9.17, 15) is 5.11 Å². The molecule has 1 aliphatic rings. The normalized spacial score (nSPS) is 33.5. The van der Waals surface area contributed by atoms with Crippen LogP contribution in [0.1, 0.15) is 39.5 Å². The van der Waals surface area contributed by atoms with Crippen molar-refractivity contribution in [2.24, 2.45) is 11.8 Å². The van der Waals surface area contributed by atoms with Gasteiger partial charge in [0.15, 0.2) is 0 Å². The number of hydrogen-bond acceptors (Lipinski definition) is 2. The van der Waals surface area contributed by atoms with Crippen molar-refractivity contribution in [1.82, 2.24) is 0 Å². The zero-order valence-corrected chi connectivity index (χ0v) is 9.05.